The van der Waals surface area contributed by atoms with E-state index in [1.807, 2.05) is 48.5 Å². The number of hydrogen-bond donors (Lipinski definition) is 3. The number of methoxy groups -OCH3 is 1. The molecule has 0 fully saturated rings. The fourth-order valence-electron chi connectivity index (χ4n) is 4.23. The molecule has 3 rings (SSSR count). The van der Waals surface area contributed by atoms with Crippen LogP contribution < -0.4 is 10.6 Å². The van der Waals surface area contributed by atoms with Gasteiger partial charge in [-0.1, -0.05) is 54.6 Å². The van der Waals surface area contributed by atoms with Gasteiger partial charge >= 0.3 is 12.1 Å². The Morgan fingerprint density at radius 3 is 2.11 bits per heavy atom. The monoisotopic (exact) mass is 480 g/mol. The molecule has 0 saturated heterocycles. The van der Waals surface area contributed by atoms with E-state index in [2.05, 4.69) is 17.2 Å². The van der Waals surface area contributed by atoms with Gasteiger partial charge in [0, 0.05) is 19.4 Å². The Labute approximate surface area is 205 Å². The lowest BCUT2D eigenvalue weighted by molar-refractivity contribution is -0.142. The lowest BCUT2D eigenvalue weighted by Crippen LogP contribution is -2.53. The molecule has 1 aliphatic rings. The second-order valence-corrected chi connectivity index (χ2v) is 9.11. The summed E-state index contributed by atoms with van der Waals surface area (Å²) < 4.78 is 11.0. The van der Waals surface area contributed by atoms with Crippen molar-refractivity contribution in [3.8, 4) is 11.1 Å². The predicted molar refractivity (Wildman–Crippen MR) is 132 cm³/mol. The van der Waals surface area contributed by atoms with Crippen LogP contribution >= 0.6 is 0 Å². The highest BCUT2D eigenvalue weighted by molar-refractivity contribution is 5.89. The van der Waals surface area contributed by atoms with Gasteiger partial charge in [-0.05, 0) is 42.5 Å². The average Bonchev–Trinajstić information content (AvgIpc) is 3.15. The van der Waals surface area contributed by atoms with Gasteiger partial charge in [-0.15, -0.1) is 6.58 Å². The predicted octanol–water partition coefficient (Wildman–Crippen LogP) is 3.85. The van der Waals surface area contributed by atoms with Crippen LogP contribution in [-0.4, -0.2) is 54.5 Å². The molecule has 35 heavy (non-hydrogen) atoms. The van der Waals surface area contributed by atoms with Crippen molar-refractivity contribution in [3.05, 3.63) is 72.3 Å². The maximum atomic E-state index is 12.9. The van der Waals surface area contributed by atoms with Gasteiger partial charge in [0.15, 0.2) is 0 Å². The number of benzene rings is 2. The van der Waals surface area contributed by atoms with Gasteiger partial charge in [0.05, 0.1) is 5.60 Å². The minimum Gasteiger partial charge on any atom is -0.480 e. The molecular weight excluding hydrogens is 448 g/mol. The number of ether oxygens (including phenoxy) is 2. The summed E-state index contributed by atoms with van der Waals surface area (Å²) >= 11 is 0. The zero-order chi connectivity index (χ0) is 25.6. The highest BCUT2D eigenvalue weighted by atomic mass is 16.5. The van der Waals surface area contributed by atoms with Crippen molar-refractivity contribution in [2.45, 2.75) is 50.3 Å². The Kier molecular flexibility index (Phi) is 8.30. The van der Waals surface area contributed by atoms with Crippen molar-refractivity contribution in [3.63, 3.8) is 0 Å². The van der Waals surface area contributed by atoms with Crippen molar-refractivity contribution in [2.75, 3.05) is 13.7 Å². The fourth-order valence-corrected chi connectivity index (χ4v) is 4.23. The van der Waals surface area contributed by atoms with E-state index in [0.717, 1.165) is 22.3 Å². The molecule has 0 heterocycles. The van der Waals surface area contributed by atoms with Gasteiger partial charge in [0.25, 0.3) is 0 Å². The number of amides is 2. The number of carboxylic acid groups (broad SMARTS) is 1. The van der Waals surface area contributed by atoms with Crippen molar-refractivity contribution in [2.24, 2.45) is 0 Å². The van der Waals surface area contributed by atoms with Crippen LogP contribution in [0.1, 0.15) is 43.7 Å². The number of carboxylic acids is 1. The first-order valence-corrected chi connectivity index (χ1v) is 11.5. The standard InChI is InChI=1S/C27H32N2O6/c1-5-10-22(25(31)32)28-24(30)23(15-27(2,3)34-4)29-26(33)35-16-21-19-13-8-6-11-17(19)18-12-7-9-14-20(18)21/h5-9,11-14,21-23H,1,10,15-16H2,2-4H3,(H,28,30)(H,29,33)(H,31,32). The van der Waals surface area contributed by atoms with E-state index >= 15 is 0 Å². The van der Waals surface area contributed by atoms with Gasteiger partial charge in [-0.3, -0.25) is 4.79 Å². The number of carbonyl (C=O) groups excluding carboxylic acids is 2. The normalized spacial score (nSPS) is 14.3. The van der Waals surface area contributed by atoms with E-state index in [1.54, 1.807) is 13.8 Å². The van der Waals surface area contributed by atoms with E-state index in [0.29, 0.717) is 0 Å². The molecule has 0 aromatic heterocycles. The molecule has 2 aromatic carbocycles. The fraction of sp³-hybridized carbons (Fsp3) is 0.370. The summed E-state index contributed by atoms with van der Waals surface area (Å²) in [6.07, 6.45) is 0.799. The van der Waals surface area contributed by atoms with Crippen LogP contribution in [0.3, 0.4) is 0 Å². The van der Waals surface area contributed by atoms with Crippen LogP contribution in [0.2, 0.25) is 0 Å². The molecule has 8 nitrogen and oxygen atoms in total. The summed E-state index contributed by atoms with van der Waals surface area (Å²) in [5.41, 5.74) is 3.61. The number of carbonyl (C=O) groups is 3. The lowest BCUT2D eigenvalue weighted by atomic mass is 9.97. The van der Waals surface area contributed by atoms with Crippen LogP contribution in [0.15, 0.2) is 61.2 Å². The summed E-state index contributed by atoms with van der Waals surface area (Å²) in [7, 11) is 1.50. The molecule has 0 saturated carbocycles. The third kappa shape index (κ3) is 6.27. The number of nitrogens with one attached hydrogen (secondary N) is 2. The second-order valence-electron chi connectivity index (χ2n) is 9.11. The molecule has 0 aliphatic heterocycles. The Morgan fingerprint density at radius 2 is 1.60 bits per heavy atom. The maximum Gasteiger partial charge on any atom is 0.407 e. The molecule has 2 amide bonds. The van der Waals surface area contributed by atoms with Crippen molar-refractivity contribution in [1.82, 2.24) is 10.6 Å². The largest absolute Gasteiger partial charge is 0.480 e. The summed E-state index contributed by atoms with van der Waals surface area (Å²) in [6.45, 7) is 7.16. The first kappa shape index (κ1) is 26.0. The van der Waals surface area contributed by atoms with Crippen LogP contribution in [0.25, 0.3) is 11.1 Å². The van der Waals surface area contributed by atoms with Crippen LogP contribution in [0.4, 0.5) is 4.79 Å². The minimum absolute atomic E-state index is 0.0480. The van der Waals surface area contributed by atoms with Crippen molar-refractivity contribution >= 4 is 18.0 Å². The van der Waals surface area contributed by atoms with Crippen molar-refractivity contribution in [1.29, 1.82) is 0 Å². The van der Waals surface area contributed by atoms with Gasteiger partial charge in [-0.2, -0.15) is 0 Å². The summed E-state index contributed by atoms with van der Waals surface area (Å²) in [4.78, 5) is 37.1. The van der Waals surface area contributed by atoms with E-state index in [-0.39, 0.29) is 25.4 Å². The molecule has 0 spiro atoms. The zero-order valence-electron chi connectivity index (χ0n) is 20.2. The molecule has 2 aromatic rings. The summed E-state index contributed by atoms with van der Waals surface area (Å²) in [5, 5.41) is 14.4. The maximum absolute atomic E-state index is 12.9. The number of rotatable bonds is 11. The molecular formula is C27H32N2O6. The van der Waals surface area contributed by atoms with Gasteiger partial charge < -0.3 is 25.2 Å². The summed E-state index contributed by atoms with van der Waals surface area (Å²) in [6, 6.07) is 13.8. The Morgan fingerprint density at radius 1 is 1.03 bits per heavy atom. The third-order valence-corrected chi connectivity index (χ3v) is 6.22. The Balaban J connectivity index is 1.71. The third-order valence-electron chi connectivity index (χ3n) is 6.22. The highest BCUT2D eigenvalue weighted by Crippen LogP contribution is 2.44. The van der Waals surface area contributed by atoms with Crippen LogP contribution in [0.5, 0.6) is 0 Å². The SMILES string of the molecule is C=CCC(NC(=O)C(CC(C)(C)OC)NC(=O)OCC1c2ccccc2-c2ccccc21)C(=O)O. The molecule has 3 N–H and O–H groups in total. The second kappa shape index (κ2) is 11.2. The van der Waals surface area contributed by atoms with E-state index in [4.69, 9.17) is 9.47 Å². The van der Waals surface area contributed by atoms with Crippen LogP contribution in [-0.2, 0) is 19.1 Å². The van der Waals surface area contributed by atoms with Crippen LogP contribution in [0, 0.1) is 0 Å². The number of fused-ring (bicyclic) bond motifs is 3. The van der Waals surface area contributed by atoms with Gasteiger partial charge in [0.2, 0.25) is 5.91 Å². The molecule has 186 valence electrons. The highest BCUT2D eigenvalue weighted by Gasteiger charge is 2.33. The Hall–Kier alpha value is -3.65. The average molecular weight is 481 g/mol. The molecule has 2 unspecified atom stereocenters. The molecule has 8 heteroatoms. The summed E-state index contributed by atoms with van der Waals surface area (Å²) in [5.74, 6) is -1.96. The van der Waals surface area contributed by atoms with E-state index in [9.17, 15) is 19.5 Å². The van der Waals surface area contributed by atoms with Crippen molar-refractivity contribution < 1.29 is 29.0 Å². The molecule has 0 bridgehead atoms. The van der Waals surface area contributed by atoms with Gasteiger partial charge in [0.1, 0.15) is 18.7 Å². The molecule has 2 atom stereocenters. The molecule has 1 aliphatic carbocycles. The van der Waals surface area contributed by atoms with E-state index in [1.165, 1.54) is 13.2 Å². The minimum atomic E-state index is -1.19. The lowest BCUT2D eigenvalue weighted by Gasteiger charge is -2.29. The Bertz CT molecular complexity index is 1050. The smallest absolute Gasteiger partial charge is 0.407 e. The van der Waals surface area contributed by atoms with E-state index < -0.39 is 35.7 Å². The van der Waals surface area contributed by atoms with Gasteiger partial charge in [-0.25, -0.2) is 9.59 Å². The molecule has 0 radical (unpaired) electrons. The number of alkyl carbamates (subject to hydrolysis) is 1. The quantitative estimate of drug-likeness (QED) is 0.421. The number of hydrogen-bond acceptors (Lipinski definition) is 5. The zero-order valence-corrected chi connectivity index (χ0v) is 20.2. The topological polar surface area (TPSA) is 114 Å². The first-order chi connectivity index (χ1) is 16.7. The number of aliphatic carboxylic acids is 1. The first-order valence-electron chi connectivity index (χ1n) is 11.5.